The average molecular weight is 392 g/mol. The van der Waals surface area contributed by atoms with Crippen LogP contribution in [0.25, 0.3) is 5.69 Å². The lowest BCUT2D eigenvalue weighted by Gasteiger charge is -2.15. The van der Waals surface area contributed by atoms with Gasteiger partial charge < -0.3 is 10.1 Å². The molecule has 1 aliphatic heterocycles. The summed E-state index contributed by atoms with van der Waals surface area (Å²) in [6.07, 6.45) is 0. The van der Waals surface area contributed by atoms with E-state index in [0.717, 1.165) is 10.6 Å². The molecule has 1 fully saturated rings. The minimum Gasteiger partial charge on any atom is -0.454 e. The molecule has 0 saturated carbocycles. The van der Waals surface area contributed by atoms with Gasteiger partial charge >= 0.3 is 12.0 Å². The summed E-state index contributed by atoms with van der Waals surface area (Å²) < 4.78 is 6.87. The second kappa shape index (κ2) is 7.89. The van der Waals surface area contributed by atoms with Crippen molar-refractivity contribution < 1.29 is 19.1 Å². The number of amides is 3. The fraction of sp³-hybridized carbons (Fsp3) is 0.158. The van der Waals surface area contributed by atoms with Crippen molar-refractivity contribution in [2.45, 2.75) is 13.2 Å². The molecule has 4 rings (SSSR count). The Labute approximate surface area is 165 Å². The third-order valence-corrected chi connectivity index (χ3v) is 4.37. The molecule has 1 aliphatic rings. The number of carbonyl (C=O) groups is 3. The zero-order chi connectivity index (χ0) is 20.2. The molecule has 2 heterocycles. The summed E-state index contributed by atoms with van der Waals surface area (Å²) in [4.78, 5) is 37.3. The van der Waals surface area contributed by atoms with Crippen molar-refractivity contribution in [3.05, 3.63) is 71.5 Å². The number of urea groups is 1. The predicted octanol–water partition coefficient (Wildman–Crippen LogP) is 1.07. The fourth-order valence-corrected chi connectivity index (χ4v) is 2.92. The minimum atomic E-state index is -0.602. The van der Waals surface area contributed by atoms with Crippen LogP contribution >= 0.6 is 0 Å². The van der Waals surface area contributed by atoms with Gasteiger partial charge in [0.05, 0.1) is 24.3 Å². The molecule has 3 aromatic rings. The lowest BCUT2D eigenvalue weighted by molar-refractivity contribution is -0.125. The van der Waals surface area contributed by atoms with Gasteiger partial charge in [0.2, 0.25) is 5.91 Å². The lowest BCUT2D eigenvalue weighted by atomic mass is 10.1. The van der Waals surface area contributed by atoms with Crippen LogP contribution in [0, 0.1) is 0 Å². The number of rotatable bonds is 6. The first-order valence-corrected chi connectivity index (χ1v) is 8.79. The summed E-state index contributed by atoms with van der Waals surface area (Å²) >= 11 is 0. The average Bonchev–Trinajstić information content (AvgIpc) is 3.35. The Morgan fingerprint density at radius 3 is 2.59 bits per heavy atom. The molecule has 0 bridgehead atoms. The molecule has 0 aliphatic carbocycles. The Bertz CT molecular complexity index is 1050. The summed E-state index contributed by atoms with van der Waals surface area (Å²) in [5.41, 5.74) is 1.51. The van der Waals surface area contributed by atoms with Crippen molar-refractivity contribution in [1.82, 2.24) is 30.4 Å². The number of hydrogen-bond acceptors (Lipinski definition) is 7. The first-order chi connectivity index (χ1) is 14.1. The SMILES string of the molecule is O=C(OCc1nnnn1-c1ccccc1)c1ccccc1CN1C(=O)CNC1=O. The molecule has 10 nitrogen and oxygen atoms in total. The largest absolute Gasteiger partial charge is 0.454 e. The molecule has 1 saturated heterocycles. The van der Waals surface area contributed by atoms with Gasteiger partial charge in [0.15, 0.2) is 12.4 Å². The molecule has 1 aromatic heterocycles. The highest BCUT2D eigenvalue weighted by Gasteiger charge is 2.29. The van der Waals surface area contributed by atoms with E-state index < -0.39 is 12.0 Å². The van der Waals surface area contributed by atoms with E-state index in [9.17, 15) is 14.4 Å². The Kier molecular flexibility index (Phi) is 4.97. The second-order valence-electron chi connectivity index (χ2n) is 6.21. The maximum absolute atomic E-state index is 12.6. The maximum atomic E-state index is 12.6. The van der Waals surface area contributed by atoms with Crippen molar-refractivity contribution >= 4 is 17.9 Å². The summed E-state index contributed by atoms with van der Waals surface area (Å²) in [6, 6.07) is 15.4. The van der Waals surface area contributed by atoms with Crippen LogP contribution in [0.5, 0.6) is 0 Å². The van der Waals surface area contributed by atoms with Crippen LogP contribution in [0.4, 0.5) is 4.79 Å². The number of hydrogen-bond donors (Lipinski definition) is 1. The first kappa shape index (κ1) is 18.3. The van der Waals surface area contributed by atoms with E-state index in [2.05, 4.69) is 20.8 Å². The highest BCUT2D eigenvalue weighted by Crippen LogP contribution is 2.16. The van der Waals surface area contributed by atoms with E-state index in [-0.39, 0.29) is 31.2 Å². The van der Waals surface area contributed by atoms with Crippen molar-refractivity contribution in [3.63, 3.8) is 0 Å². The van der Waals surface area contributed by atoms with E-state index in [4.69, 9.17) is 4.74 Å². The van der Waals surface area contributed by atoms with Crippen molar-refractivity contribution in [2.24, 2.45) is 0 Å². The predicted molar refractivity (Wildman–Crippen MR) is 98.7 cm³/mol. The molecule has 0 unspecified atom stereocenters. The Morgan fingerprint density at radius 2 is 1.83 bits per heavy atom. The van der Waals surface area contributed by atoms with E-state index in [1.54, 1.807) is 24.3 Å². The van der Waals surface area contributed by atoms with Gasteiger partial charge in [-0.15, -0.1) is 5.10 Å². The number of aromatic nitrogens is 4. The molecule has 0 atom stereocenters. The van der Waals surface area contributed by atoms with Crippen molar-refractivity contribution in [3.8, 4) is 5.69 Å². The number of imide groups is 1. The molecule has 0 spiro atoms. The summed E-state index contributed by atoms with van der Waals surface area (Å²) in [5.74, 6) is -0.591. The van der Waals surface area contributed by atoms with Crippen molar-refractivity contribution in [1.29, 1.82) is 0 Å². The minimum absolute atomic E-state index is 0.0162. The monoisotopic (exact) mass is 392 g/mol. The summed E-state index contributed by atoms with van der Waals surface area (Å²) in [7, 11) is 0. The standard InChI is InChI=1S/C19H16N6O4/c26-17-10-20-19(28)24(17)11-13-6-4-5-9-15(13)18(27)29-12-16-21-22-23-25(16)14-7-2-1-3-8-14/h1-9H,10-12H2,(H,20,28). The summed E-state index contributed by atoms with van der Waals surface area (Å²) in [6.45, 7) is -0.205. The number of nitrogens with zero attached hydrogens (tertiary/aromatic N) is 5. The number of ether oxygens (including phenoxy) is 1. The van der Waals surface area contributed by atoms with Crippen LogP contribution in [0.15, 0.2) is 54.6 Å². The Morgan fingerprint density at radius 1 is 1.07 bits per heavy atom. The van der Waals surface area contributed by atoms with Crippen LogP contribution < -0.4 is 5.32 Å². The number of carbonyl (C=O) groups excluding carboxylic acids is 3. The molecule has 1 N–H and O–H groups in total. The highest BCUT2D eigenvalue weighted by atomic mass is 16.5. The van der Waals surface area contributed by atoms with Crippen LogP contribution in [-0.2, 0) is 22.7 Å². The van der Waals surface area contributed by atoms with Crippen LogP contribution in [0.3, 0.4) is 0 Å². The molecular weight excluding hydrogens is 376 g/mol. The zero-order valence-corrected chi connectivity index (χ0v) is 15.2. The number of benzene rings is 2. The van der Waals surface area contributed by atoms with E-state index in [0.29, 0.717) is 11.4 Å². The van der Waals surface area contributed by atoms with Gasteiger partial charge in [0, 0.05) is 0 Å². The van der Waals surface area contributed by atoms with Crippen LogP contribution in [-0.4, -0.2) is 49.6 Å². The van der Waals surface area contributed by atoms with Crippen LogP contribution in [0.1, 0.15) is 21.7 Å². The summed E-state index contributed by atoms with van der Waals surface area (Å²) in [5, 5.41) is 13.9. The van der Waals surface area contributed by atoms with E-state index in [1.165, 1.54) is 4.68 Å². The van der Waals surface area contributed by atoms with Crippen LogP contribution in [0.2, 0.25) is 0 Å². The second-order valence-corrected chi connectivity index (χ2v) is 6.21. The molecule has 2 aromatic carbocycles. The van der Waals surface area contributed by atoms with Gasteiger partial charge in [-0.25, -0.2) is 9.59 Å². The zero-order valence-electron chi connectivity index (χ0n) is 15.2. The van der Waals surface area contributed by atoms with Crippen molar-refractivity contribution in [2.75, 3.05) is 6.54 Å². The number of tetrazole rings is 1. The van der Waals surface area contributed by atoms with E-state index in [1.807, 2.05) is 30.3 Å². The third kappa shape index (κ3) is 3.81. The molecule has 29 heavy (non-hydrogen) atoms. The fourth-order valence-electron chi connectivity index (χ4n) is 2.92. The molecule has 3 amide bonds. The molecule has 0 radical (unpaired) electrons. The number of nitrogens with one attached hydrogen (secondary N) is 1. The molecule has 146 valence electrons. The Hall–Kier alpha value is -4.08. The molecular formula is C19H16N6O4. The Balaban J connectivity index is 1.49. The van der Waals surface area contributed by atoms with E-state index >= 15 is 0 Å². The smallest absolute Gasteiger partial charge is 0.338 e. The first-order valence-electron chi connectivity index (χ1n) is 8.79. The maximum Gasteiger partial charge on any atom is 0.338 e. The van der Waals surface area contributed by atoms with Gasteiger partial charge in [-0.1, -0.05) is 36.4 Å². The van der Waals surface area contributed by atoms with Gasteiger partial charge in [-0.05, 0) is 34.2 Å². The molecule has 10 heteroatoms. The third-order valence-electron chi connectivity index (χ3n) is 4.37. The lowest BCUT2D eigenvalue weighted by Crippen LogP contribution is -2.31. The normalized spacial score (nSPS) is 13.4. The number of esters is 1. The topological polar surface area (TPSA) is 119 Å². The van der Waals surface area contributed by atoms with Gasteiger partial charge in [0.25, 0.3) is 0 Å². The number of para-hydroxylation sites is 1. The highest BCUT2D eigenvalue weighted by molar-refractivity contribution is 6.02. The van der Waals surface area contributed by atoms with Gasteiger partial charge in [-0.3, -0.25) is 9.69 Å². The quantitative estimate of drug-likeness (QED) is 0.492. The van der Waals surface area contributed by atoms with Gasteiger partial charge in [-0.2, -0.15) is 4.68 Å². The van der Waals surface area contributed by atoms with Gasteiger partial charge in [0.1, 0.15) is 0 Å².